The minimum Gasteiger partial charge on any atom is -0.380 e. The minimum absolute atomic E-state index is 0.0589. The molecule has 4 atom stereocenters. The van der Waals surface area contributed by atoms with Crippen LogP contribution >= 0.6 is 0 Å². The number of morpholine rings is 1. The molecule has 1 fully saturated rings. The molecule has 1 rings (SSSR count). The summed E-state index contributed by atoms with van der Waals surface area (Å²) in [5, 5.41) is 0. The molecule has 1 saturated heterocycles. The molecule has 0 spiro atoms. The SMILES string of the molecule is CO[C@H](C)[C@H](N)C(=O)N1C[C@@H](C)O[C@@H](C)C1. The van der Waals surface area contributed by atoms with Crippen LogP contribution in [0, 0.1) is 0 Å². The quantitative estimate of drug-likeness (QED) is 0.740. The topological polar surface area (TPSA) is 64.8 Å². The number of hydrogen-bond acceptors (Lipinski definition) is 4. The summed E-state index contributed by atoms with van der Waals surface area (Å²) in [6.45, 7) is 6.93. The molecule has 1 aliphatic rings. The predicted octanol–water partition coefficient (Wildman–Crippen LogP) is -0.0156. The number of hydrogen-bond donors (Lipinski definition) is 1. The van der Waals surface area contributed by atoms with E-state index in [9.17, 15) is 4.79 Å². The maximum atomic E-state index is 12.1. The van der Waals surface area contributed by atoms with Gasteiger partial charge in [0, 0.05) is 20.2 Å². The van der Waals surface area contributed by atoms with Gasteiger partial charge < -0.3 is 20.1 Å². The Hall–Kier alpha value is -0.650. The van der Waals surface area contributed by atoms with Gasteiger partial charge in [-0.1, -0.05) is 0 Å². The van der Waals surface area contributed by atoms with Crippen LogP contribution in [0.25, 0.3) is 0 Å². The predicted molar refractivity (Wildman–Crippen MR) is 61.0 cm³/mol. The van der Waals surface area contributed by atoms with E-state index in [0.29, 0.717) is 13.1 Å². The van der Waals surface area contributed by atoms with Crippen LogP contribution in [0.15, 0.2) is 0 Å². The Morgan fingerprint density at radius 2 is 1.94 bits per heavy atom. The van der Waals surface area contributed by atoms with Crippen LogP contribution in [-0.2, 0) is 14.3 Å². The lowest BCUT2D eigenvalue weighted by atomic mass is 10.1. The number of ether oxygens (including phenoxy) is 2. The highest BCUT2D eigenvalue weighted by atomic mass is 16.5. The molecule has 0 aromatic heterocycles. The Kier molecular flexibility index (Phi) is 4.70. The van der Waals surface area contributed by atoms with Crippen LogP contribution in [0.4, 0.5) is 0 Å². The highest BCUT2D eigenvalue weighted by Gasteiger charge is 2.31. The van der Waals surface area contributed by atoms with Gasteiger partial charge in [-0.05, 0) is 20.8 Å². The second kappa shape index (κ2) is 5.61. The molecule has 2 N–H and O–H groups in total. The molecular formula is C11H22N2O3. The van der Waals surface area contributed by atoms with E-state index in [1.807, 2.05) is 13.8 Å². The first kappa shape index (κ1) is 13.4. The Morgan fingerprint density at radius 1 is 1.44 bits per heavy atom. The number of amides is 1. The van der Waals surface area contributed by atoms with Crippen LogP contribution in [-0.4, -0.2) is 55.4 Å². The van der Waals surface area contributed by atoms with Gasteiger partial charge in [0.15, 0.2) is 0 Å². The monoisotopic (exact) mass is 230 g/mol. The average Bonchev–Trinajstić information content (AvgIpc) is 2.24. The molecule has 5 nitrogen and oxygen atoms in total. The molecule has 0 bridgehead atoms. The van der Waals surface area contributed by atoms with Crippen molar-refractivity contribution in [3.05, 3.63) is 0 Å². The van der Waals surface area contributed by atoms with Crippen LogP contribution in [0.3, 0.4) is 0 Å². The van der Waals surface area contributed by atoms with Crippen LogP contribution in [0.5, 0.6) is 0 Å². The molecule has 1 heterocycles. The largest absolute Gasteiger partial charge is 0.380 e. The van der Waals surface area contributed by atoms with Crippen molar-refractivity contribution in [1.29, 1.82) is 0 Å². The standard InChI is InChI=1S/C11H22N2O3/c1-7-5-13(6-8(2)16-7)11(14)10(12)9(3)15-4/h7-10H,5-6,12H2,1-4H3/t7-,8+,9-,10+/m1/s1. The summed E-state index contributed by atoms with van der Waals surface area (Å²) in [4.78, 5) is 13.8. The van der Waals surface area contributed by atoms with Crippen molar-refractivity contribution < 1.29 is 14.3 Å². The number of rotatable bonds is 3. The van der Waals surface area contributed by atoms with Gasteiger partial charge in [-0.3, -0.25) is 4.79 Å². The van der Waals surface area contributed by atoms with Crippen molar-refractivity contribution in [2.75, 3.05) is 20.2 Å². The summed E-state index contributed by atoms with van der Waals surface area (Å²) in [7, 11) is 1.56. The maximum Gasteiger partial charge on any atom is 0.242 e. The Balaban J connectivity index is 2.59. The number of methoxy groups -OCH3 is 1. The number of carbonyl (C=O) groups is 1. The molecule has 0 aromatic rings. The number of nitrogens with zero attached hydrogens (tertiary/aromatic N) is 1. The smallest absolute Gasteiger partial charge is 0.242 e. The zero-order valence-electron chi connectivity index (χ0n) is 10.5. The van der Waals surface area contributed by atoms with E-state index in [1.165, 1.54) is 0 Å². The zero-order valence-corrected chi connectivity index (χ0v) is 10.5. The van der Waals surface area contributed by atoms with Gasteiger partial charge in [-0.25, -0.2) is 0 Å². The number of carbonyl (C=O) groups excluding carboxylic acids is 1. The second-order valence-electron chi connectivity index (χ2n) is 4.47. The lowest BCUT2D eigenvalue weighted by Crippen LogP contribution is -2.56. The normalized spacial score (nSPS) is 29.9. The van der Waals surface area contributed by atoms with Gasteiger partial charge in [0.2, 0.25) is 5.91 Å². The summed E-state index contributed by atoms with van der Waals surface area (Å²) in [6.07, 6.45) is -0.128. The van der Waals surface area contributed by atoms with Crippen molar-refractivity contribution in [1.82, 2.24) is 4.90 Å². The van der Waals surface area contributed by atoms with Crippen LogP contribution in [0.1, 0.15) is 20.8 Å². The molecule has 16 heavy (non-hydrogen) atoms. The van der Waals surface area contributed by atoms with Gasteiger partial charge >= 0.3 is 0 Å². The fourth-order valence-electron chi connectivity index (χ4n) is 1.92. The third-order valence-corrected chi connectivity index (χ3v) is 2.89. The van der Waals surface area contributed by atoms with Crippen LogP contribution < -0.4 is 5.73 Å². The average molecular weight is 230 g/mol. The van der Waals surface area contributed by atoms with Gasteiger partial charge in [0.05, 0.1) is 18.3 Å². The molecule has 0 unspecified atom stereocenters. The zero-order chi connectivity index (χ0) is 12.3. The van der Waals surface area contributed by atoms with Gasteiger partial charge in [0.25, 0.3) is 0 Å². The summed E-state index contributed by atoms with van der Waals surface area (Å²) in [6, 6.07) is -0.595. The van der Waals surface area contributed by atoms with E-state index in [4.69, 9.17) is 15.2 Å². The second-order valence-corrected chi connectivity index (χ2v) is 4.47. The van der Waals surface area contributed by atoms with Crippen molar-refractivity contribution in [2.45, 2.75) is 45.1 Å². The Bertz CT molecular complexity index is 237. The third kappa shape index (κ3) is 3.17. The molecule has 0 radical (unpaired) electrons. The maximum absolute atomic E-state index is 12.1. The molecule has 5 heteroatoms. The van der Waals surface area contributed by atoms with Crippen molar-refractivity contribution in [3.8, 4) is 0 Å². The Morgan fingerprint density at radius 3 is 2.38 bits per heavy atom. The van der Waals surface area contributed by atoms with Crippen molar-refractivity contribution >= 4 is 5.91 Å². The van der Waals surface area contributed by atoms with Crippen molar-refractivity contribution in [2.24, 2.45) is 5.73 Å². The molecular weight excluding hydrogens is 208 g/mol. The van der Waals surface area contributed by atoms with E-state index >= 15 is 0 Å². The highest BCUT2D eigenvalue weighted by Crippen LogP contribution is 2.12. The fourth-order valence-corrected chi connectivity index (χ4v) is 1.92. The molecule has 1 aliphatic heterocycles. The third-order valence-electron chi connectivity index (χ3n) is 2.89. The summed E-state index contributed by atoms with van der Waals surface area (Å²) in [5.74, 6) is -0.0589. The van der Waals surface area contributed by atoms with E-state index < -0.39 is 6.04 Å². The van der Waals surface area contributed by atoms with E-state index in [0.717, 1.165) is 0 Å². The highest BCUT2D eigenvalue weighted by molar-refractivity contribution is 5.82. The molecule has 0 aliphatic carbocycles. The number of nitrogens with two attached hydrogens (primary N) is 1. The van der Waals surface area contributed by atoms with Gasteiger partial charge in [0.1, 0.15) is 6.04 Å². The lowest BCUT2D eigenvalue weighted by molar-refractivity contribution is -0.147. The first-order chi connectivity index (χ1) is 7.45. The first-order valence-corrected chi connectivity index (χ1v) is 5.68. The summed E-state index contributed by atoms with van der Waals surface area (Å²) in [5.41, 5.74) is 5.84. The van der Waals surface area contributed by atoms with Gasteiger partial charge in [-0.15, -0.1) is 0 Å². The molecule has 1 amide bonds. The first-order valence-electron chi connectivity index (χ1n) is 5.68. The van der Waals surface area contributed by atoms with Gasteiger partial charge in [-0.2, -0.15) is 0 Å². The molecule has 94 valence electrons. The minimum atomic E-state index is -0.595. The van der Waals surface area contributed by atoms with Crippen LogP contribution in [0.2, 0.25) is 0 Å². The Labute approximate surface area is 96.9 Å². The molecule has 0 saturated carbocycles. The lowest BCUT2D eigenvalue weighted by Gasteiger charge is -2.37. The summed E-state index contributed by atoms with van der Waals surface area (Å²) < 4.78 is 10.6. The fraction of sp³-hybridized carbons (Fsp3) is 0.909. The van der Waals surface area contributed by atoms with E-state index in [1.54, 1.807) is 18.9 Å². The van der Waals surface area contributed by atoms with Crippen molar-refractivity contribution in [3.63, 3.8) is 0 Å². The molecule has 0 aromatic carbocycles. The summed E-state index contributed by atoms with van der Waals surface area (Å²) >= 11 is 0. The van der Waals surface area contributed by atoms with E-state index in [2.05, 4.69) is 0 Å². The van der Waals surface area contributed by atoms with E-state index in [-0.39, 0.29) is 24.2 Å².